The quantitative estimate of drug-likeness (QED) is 0.687. The number of methoxy groups -OCH3 is 1. The van der Waals surface area contributed by atoms with Gasteiger partial charge in [0.15, 0.2) is 5.09 Å². The van der Waals surface area contributed by atoms with E-state index in [9.17, 15) is 0 Å². The van der Waals surface area contributed by atoms with E-state index in [2.05, 4.69) is 56.5 Å². The molecule has 0 spiro atoms. The largest absolute Gasteiger partial charge is 0.491 e. The third-order valence-corrected chi connectivity index (χ3v) is 7.59. The van der Waals surface area contributed by atoms with E-state index in [4.69, 9.17) is 15.0 Å². The minimum absolute atomic E-state index is 0.0589. The summed E-state index contributed by atoms with van der Waals surface area (Å²) < 4.78 is 5.61. The van der Waals surface area contributed by atoms with Crippen molar-refractivity contribution in [2.45, 2.75) is 44.2 Å². The van der Waals surface area contributed by atoms with Crippen LogP contribution in [-0.2, 0) is 10.3 Å². The molecule has 2 saturated carbocycles. The molecule has 0 unspecified atom stereocenters. The Morgan fingerprint density at radius 1 is 1.17 bits per heavy atom. The van der Waals surface area contributed by atoms with Gasteiger partial charge in [-0.05, 0) is 42.6 Å². The molecule has 3 aliphatic rings. The lowest BCUT2D eigenvalue weighted by molar-refractivity contribution is 0.162. The second-order valence-corrected chi connectivity index (χ2v) is 8.61. The van der Waals surface area contributed by atoms with Gasteiger partial charge >= 0.3 is 0 Å². The van der Waals surface area contributed by atoms with E-state index in [-0.39, 0.29) is 16.5 Å². The molecular weight excluding hydrogens is 316 g/mol. The molecular formula is C20H26N2OS. The summed E-state index contributed by atoms with van der Waals surface area (Å²) in [5.41, 5.74) is 0.810. The van der Waals surface area contributed by atoms with E-state index in [0.717, 1.165) is 5.09 Å². The molecule has 4 heteroatoms. The monoisotopic (exact) mass is 342 g/mol. The first-order chi connectivity index (χ1) is 11.5. The molecule has 0 radical (unpaired) electrons. The molecule has 1 aliphatic heterocycles. The average Bonchev–Trinajstić information content (AvgIpc) is 3.21. The smallest absolute Gasteiger partial charge is 0.151 e. The highest BCUT2D eigenvalue weighted by Crippen LogP contribution is 2.74. The fraction of sp³-hybridized carbons (Fsp3) is 0.600. The van der Waals surface area contributed by atoms with Crippen molar-refractivity contribution in [2.24, 2.45) is 27.5 Å². The maximum Gasteiger partial charge on any atom is 0.151 e. The molecule has 0 saturated heterocycles. The minimum atomic E-state index is -0.252. The highest BCUT2D eigenvalue weighted by molar-refractivity contribution is 8.02. The Kier molecular flexibility index (Phi) is 3.61. The molecule has 0 aromatic heterocycles. The Morgan fingerprint density at radius 3 is 2.54 bits per heavy atom. The van der Waals surface area contributed by atoms with E-state index in [1.807, 2.05) is 0 Å². The Morgan fingerprint density at radius 2 is 1.88 bits per heavy atom. The van der Waals surface area contributed by atoms with Crippen molar-refractivity contribution in [3.8, 4) is 0 Å². The van der Waals surface area contributed by atoms with E-state index in [0.29, 0.717) is 11.8 Å². The van der Waals surface area contributed by atoms with Gasteiger partial charge in [0, 0.05) is 5.41 Å². The van der Waals surface area contributed by atoms with Crippen LogP contribution < -0.4 is 0 Å². The Hall–Kier alpha value is -1.29. The summed E-state index contributed by atoms with van der Waals surface area (Å²) in [6.45, 7) is 4.73. The van der Waals surface area contributed by atoms with Gasteiger partial charge in [-0.2, -0.15) is 10.2 Å². The van der Waals surface area contributed by atoms with Gasteiger partial charge in [0.1, 0.15) is 11.1 Å². The normalized spacial score (nSPS) is 39.2. The van der Waals surface area contributed by atoms with Crippen LogP contribution in [0, 0.1) is 17.3 Å². The van der Waals surface area contributed by atoms with Crippen molar-refractivity contribution < 1.29 is 4.74 Å². The number of hydrogen-bond acceptors (Lipinski definition) is 4. The summed E-state index contributed by atoms with van der Waals surface area (Å²) in [5.74, 6) is 1.13. The topological polar surface area (TPSA) is 34.0 Å². The van der Waals surface area contributed by atoms with Crippen LogP contribution >= 0.6 is 11.8 Å². The number of hydrogen-bond donors (Lipinski definition) is 0. The highest BCUT2D eigenvalue weighted by atomic mass is 32.2. The first-order valence-electron chi connectivity index (χ1n) is 8.84. The molecule has 4 rings (SSSR count). The van der Waals surface area contributed by atoms with Gasteiger partial charge in [-0.15, -0.1) is 0 Å². The van der Waals surface area contributed by atoms with Gasteiger partial charge in [0.05, 0.1) is 7.11 Å². The van der Waals surface area contributed by atoms with Gasteiger partial charge in [-0.3, -0.25) is 0 Å². The molecule has 2 aliphatic carbocycles. The molecule has 3 nitrogen and oxygen atoms in total. The summed E-state index contributed by atoms with van der Waals surface area (Å²) in [6.07, 6.45) is 8.11. The third kappa shape index (κ3) is 1.70. The molecule has 0 N–H and O–H groups in total. The predicted octanol–water partition coefficient (Wildman–Crippen LogP) is 5.39. The molecule has 128 valence electrons. The zero-order valence-corrected chi connectivity index (χ0v) is 15.8. The molecule has 24 heavy (non-hydrogen) atoms. The minimum Gasteiger partial charge on any atom is -0.491 e. The van der Waals surface area contributed by atoms with Gasteiger partial charge in [0.25, 0.3) is 0 Å². The SMILES string of the molecule is CO/C(=C\[C@]12N=N[C@@](c3ccccc3)([C@H]3CCC[C@H]31)C2(C)C)SC. The maximum atomic E-state index is 5.61. The Labute approximate surface area is 149 Å². The van der Waals surface area contributed by atoms with Crippen molar-refractivity contribution in [1.29, 1.82) is 0 Å². The number of fused-ring (bicyclic) bond motifs is 5. The van der Waals surface area contributed by atoms with Crippen LogP contribution in [-0.4, -0.2) is 18.9 Å². The van der Waals surface area contributed by atoms with Crippen molar-refractivity contribution in [2.75, 3.05) is 13.4 Å². The molecule has 1 aromatic rings. The van der Waals surface area contributed by atoms with E-state index < -0.39 is 0 Å². The number of azo groups is 1. The zero-order valence-electron chi connectivity index (χ0n) is 15.0. The number of thioether (sulfide) groups is 1. The fourth-order valence-corrected chi connectivity index (χ4v) is 6.27. The van der Waals surface area contributed by atoms with Crippen molar-refractivity contribution in [3.05, 3.63) is 47.1 Å². The Bertz CT molecular complexity index is 693. The van der Waals surface area contributed by atoms with E-state index >= 15 is 0 Å². The molecule has 4 atom stereocenters. The fourth-order valence-electron chi connectivity index (χ4n) is 5.80. The number of ether oxygens (including phenoxy) is 1. The first kappa shape index (κ1) is 16.2. The molecule has 0 amide bonds. The number of benzene rings is 1. The van der Waals surface area contributed by atoms with Crippen LogP contribution in [0.3, 0.4) is 0 Å². The molecule has 2 bridgehead atoms. The second kappa shape index (κ2) is 5.35. The van der Waals surface area contributed by atoms with E-state index in [1.54, 1.807) is 18.9 Å². The van der Waals surface area contributed by atoms with Crippen LogP contribution in [0.2, 0.25) is 0 Å². The van der Waals surface area contributed by atoms with Crippen LogP contribution in [0.5, 0.6) is 0 Å². The summed E-state index contributed by atoms with van der Waals surface area (Å²) in [4.78, 5) is 0. The summed E-state index contributed by atoms with van der Waals surface area (Å²) in [5, 5.41) is 10.9. The van der Waals surface area contributed by atoms with Gasteiger partial charge < -0.3 is 4.74 Å². The third-order valence-electron chi connectivity index (χ3n) is 6.90. The predicted molar refractivity (Wildman–Crippen MR) is 98.9 cm³/mol. The zero-order chi connectivity index (χ0) is 17.0. The molecule has 2 fully saturated rings. The Balaban J connectivity index is 1.94. The van der Waals surface area contributed by atoms with Gasteiger partial charge in [-0.1, -0.05) is 62.4 Å². The first-order valence-corrected chi connectivity index (χ1v) is 10.1. The van der Waals surface area contributed by atoms with Gasteiger partial charge in [-0.25, -0.2) is 0 Å². The lowest BCUT2D eigenvalue weighted by Crippen LogP contribution is -2.45. The lowest BCUT2D eigenvalue weighted by atomic mass is 9.63. The highest BCUT2D eigenvalue weighted by Gasteiger charge is 2.77. The molecule has 1 heterocycles. The summed E-state index contributed by atoms with van der Waals surface area (Å²) >= 11 is 1.66. The van der Waals surface area contributed by atoms with E-state index in [1.165, 1.54) is 24.8 Å². The van der Waals surface area contributed by atoms with Crippen LogP contribution in [0.25, 0.3) is 0 Å². The maximum absolute atomic E-state index is 5.61. The summed E-state index contributed by atoms with van der Waals surface area (Å²) in [6, 6.07) is 10.8. The standard InChI is InChI=1S/C20H26N2OS/c1-18(2)19(13-17(23-3)24-4)15-11-8-12-16(15)20(18,22-21-19)14-9-6-5-7-10-14/h5-7,9-10,13,15-16H,8,11-12H2,1-4H3/b17-13+/t15-,16+,19+,20+/m1/s1. The lowest BCUT2D eigenvalue weighted by Gasteiger charge is -2.40. The van der Waals surface area contributed by atoms with Crippen LogP contribution in [0.4, 0.5) is 0 Å². The second-order valence-electron chi connectivity index (χ2n) is 7.80. The number of rotatable bonds is 4. The summed E-state index contributed by atoms with van der Waals surface area (Å²) in [7, 11) is 1.75. The average molecular weight is 343 g/mol. The van der Waals surface area contributed by atoms with Crippen LogP contribution in [0.15, 0.2) is 51.7 Å². The number of nitrogens with zero attached hydrogens (tertiary/aromatic N) is 2. The molecule has 1 aromatic carbocycles. The van der Waals surface area contributed by atoms with Crippen molar-refractivity contribution >= 4 is 11.8 Å². The van der Waals surface area contributed by atoms with Crippen LogP contribution in [0.1, 0.15) is 38.7 Å². The van der Waals surface area contributed by atoms with Crippen molar-refractivity contribution in [3.63, 3.8) is 0 Å². The van der Waals surface area contributed by atoms with Crippen molar-refractivity contribution in [1.82, 2.24) is 0 Å². The van der Waals surface area contributed by atoms with Gasteiger partial charge in [0.2, 0.25) is 0 Å².